The van der Waals surface area contributed by atoms with Crippen molar-refractivity contribution in [3.63, 3.8) is 0 Å². The minimum Gasteiger partial charge on any atom is -0.356 e. The van der Waals surface area contributed by atoms with Gasteiger partial charge in [-0.1, -0.05) is 0 Å². The predicted molar refractivity (Wildman–Crippen MR) is 78.4 cm³/mol. The maximum absolute atomic E-state index is 13.1. The lowest BCUT2D eigenvalue weighted by Gasteiger charge is -2.22. The number of nitrogens with zero attached hydrogens (tertiary/aromatic N) is 5. The van der Waals surface area contributed by atoms with Crippen molar-refractivity contribution < 1.29 is 13.2 Å². The van der Waals surface area contributed by atoms with Gasteiger partial charge in [-0.05, 0) is 19.1 Å². The molecule has 0 fully saturated rings. The van der Waals surface area contributed by atoms with Crippen LogP contribution in [0.25, 0.3) is 11.4 Å². The number of alkyl halides is 3. The average molecular weight is 321 g/mol. The van der Waals surface area contributed by atoms with Gasteiger partial charge in [0.25, 0.3) is 0 Å². The van der Waals surface area contributed by atoms with Gasteiger partial charge < -0.3 is 4.90 Å². The van der Waals surface area contributed by atoms with Gasteiger partial charge in [-0.25, -0.2) is 9.97 Å². The van der Waals surface area contributed by atoms with Crippen molar-refractivity contribution in [1.82, 2.24) is 15.0 Å². The van der Waals surface area contributed by atoms with Gasteiger partial charge in [-0.15, -0.1) is 0 Å². The first-order chi connectivity index (χ1) is 11.0. The largest absolute Gasteiger partial charge is 0.433 e. The average Bonchev–Trinajstić information content (AvgIpc) is 2.55. The fraction of sp³-hybridized carbons (Fsp3) is 0.333. The summed E-state index contributed by atoms with van der Waals surface area (Å²) in [6, 6.07) is 6.08. The van der Waals surface area contributed by atoms with E-state index in [1.165, 1.54) is 12.4 Å². The lowest BCUT2D eigenvalue weighted by molar-refractivity contribution is -0.141. The Kier molecular flexibility index (Phi) is 5.11. The summed E-state index contributed by atoms with van der Waals surface area (Å²) in [5, 5.41) is 8.68. The third-order valence-corrected chi connectivity index (χ3v) is 3.12. The normalized spacial score (nSPS) is 11.1. The molecule has 0 aliphatic rings. The van der Waals surface area contributed by atoms with Crippen LogP contribution in [0, 0.1) is 11.3 Å². The molecule has 0 unspecified atom stereocenters. The Bertz CT molecular complexity index is 694. The van der Waals surface area contributed by atoms with Crippen molar-refractivity contribution in [2.75, 3.05) is 18.0 Å². The Morgan fingerprint density at radius 3 is 2.65 bits per heavy atom. The van der Waals surface area contributed by atoms with Crippen LogP contribution in [0.3, 0.4) is 0 Å². The molecule has 0 saturated heterocycles. The van der Waals surface area contributed by atoms with Crippen LogP contribution in [0.5, 0.6) is 0 Å². The van der Waals surface area contributed by atoms with Gasteiger partial charge in [0.05, 0.1) is 12.5 Å². The summed E-state index contributed by atoms with van der Waals surface area (Å²) >= 11 is 0. The van der Waals surface area contributed by atoms with Crippen molar-refractivity contribution in [2.45, 2.75) is 19.5 Å². The molecule has 8 heteroatoms. The van der Waals surface area contributed by atoms with Crippen LogP contribution in [0.15, 0.2) is 30.6 Å². The lowest BCUT2D eigenvalue weighted by atomic mass is 10.2. The quantitative estimate of drug-likeness (QED) is 0.845. The van der Waals surface area contributed by atoms with Crippen LogP contribution in [0.4, 0.5) is 19.0 Å². The number of hydrogen-bond donors (Lipinski definition) is 0. The second-order valence-electron chi connectivity index (χ2n) is 4.66. The topological polar surface area (TPSA) is 65.7 Å². The van der Waals surface area contributed by atoms with Crippen LogP contribution < -0.4 is 4.90 Å². The molecule has 0 saturated carbocycles. The van der Waals surface area contributed by atoms with E-state index < -0.39 is 11.9 Å². The van der Waals surface area contributed by atoms with Gasteiger partial charge in [0, 0.05) is 37.1 Å². The van der Waals surface area contributed by atoms with Crippen LogP contribution in [0.2, 0.25) is 0 Å². The number of hydrogen-bond acceptors (Lipinski definition) is 5. The van der Waals surface area contributed by atoms with E-state index in [1.54, 1.807) is 24.0 Å². The highest BCUT2D eigenvalue weighted by molar-refractivity contribution is 5.57. The molecule has 2 aromatic heterocycles. The molecule has 2 heterocycles. The zero-order valence-corrected chi connectivity index (χ0v) is 12.4. The molecule has 120 valence electrons. The number of pyridine rings is 1. The first-order valence-electron chi connectivity index (χ1n) is 6.94. The molecule has 23 heavy (non-hydrogen) atoms. The molecule has 0 spiro atoms. The summed E-state index contributed by atoms with van der Waals surface area (Å²) in [7, 11) is 0. The van der Waals surface area contributed by atoms with Crippen molar-refractivity contribution in [2.24, 2.45) is 0 Å². The van der Waals surface area contributed by atoms with Gasteiger partial charge in [-0.2, -0.15) is 18.4 Å². The van der Waals surface area contributed by atoms with Gasteiger partial charge >= 0.3 is 6.18 Å². The number of nitriles is 1. The summed E-state index contributed by atoms with van der Waals surface area (Å²) in [5.41, 5.74) is -0.618. The second-order valence-corrected chi connectivity index (χ2v) is 4.66. The van der Waals surface area contributed by atoms with Gasteiger partial charge in [0.1, 0.15) is 5.82 Å². The summed E-state index contributed by atoms with van der Waals surface area (Å²) in [4.78, 5) is 13.3. The van der Waals surface area contributed by atoms with E-state index in [1.807, 2.05) is 6.07 Å². The van der Waals surface area contributed by atoms with Crippen LogP contribution >= 0.6 is 0 Å². The third kappa shape index (κ3) is 4.16. The Morgan fingerprint density at radius 2 is 2.09 bits per heavy atom. The molecule has 0 bridgehead atoms. The molecule has 0 amide bonds. The summed E-state index contributed by atoms with van der Waals surface area (Å²) in [6.07, 6.45) is -1.46. The fourth-order valence-electron chi connectivity index (χ4n) is 1.99. The SMILES string of the molecule is CCN(CCC#N)c1cc(C(F)(F)F)nc(-c2cccnc2)n1. The van der Waals surface area contributed by atoms with Crippen molar-refractivity contribution in [3.05, 3.63) is 36.3 Å². The van der Waals surface area contributed by atoms with Crippen molar-refractivity contribution in [1.29, 1.82) is 5.26 Å². The smallest absolute Gasteiger partial charge is 0.356 e. The molecular formula is C15H14F3N5. The summed E-state index contributed by atoms with van der Waals surface area (Å²) in [6.45, 7) is 2.52. The predicted octanol–water partition coefficient (Wildman–Crippen LogP) is 3.30. The number of aromatic nitrogens is 3. The molecule has 5 nitrogen and oxygen atoms in total. The van der Waals surface area contributed by atoms with E-state index in [4.69, 9.17) is 5.26 Å². The number of rotatable bonds is 5. The zero-order valence-electron chi connectivity index (χ0n) is 12.4. The fourth-order valence-corrected chi connectivity index (χ4v) is 1.99. The van der Waals surface area contributed by atoms with Crippen LogP contribution in [0.1, 0.15) is 19.0 Å². The van der Waals surface area contributed by atoms with E-state index in [-0.39, 0.29) is 18.1 Å². The Hall–Kier alpha value is -2.69. The number of anilines is 1. The molecule has 2 aromatic rings. The number of halogens is 3. The highest BCUT2D eigenvalue weighted by Crippen LogP contribution is 2.31. The Morgan fingerprint density at radius 1 is 1.30 bits per heavy atom. The molecule has 0 aliphatic carbocycles. The van der Waals surface area contributed by atoms with Crippen LogP contribution in [-0.2, 0) is 6.18 Å². The van der Waals surface area contributed by atoms with E-state index in [2.05, 4.69) is 15.0 Å². The Labute approximate surface area is 131 Å². The molecule has 0 N–H and O–H groups in total. The van der Waals surface area contributed by atoms with E-state index in [9.17, 15) is 13.2 Å². The first kappa shape index (κ1) is 16.7. The van der Waals surface area contributed by atoms with Gasteiger partial charge in [-0.3, -0.25) is 4.98 Å². The molecule has 0 atom stereocenters. The molecule has 2 rings (SSSR count). The third-order valence-electron chi connectivity index (χ3n) is 3.12. The van der Waals surface area contributed by atoms with E-state index in [0.717, 1.165) is 6.07 Å². The van der Waals surface area contributed by atoms with Crippen LogP contribution in [-0.4, -0.2) is 28.0 Å². The summed E-state index contributed by atoms with van der Waals surface area (Å²) in [5.74, 6) is 0.0993. The summed E-state index contributed by atoms with van der Waals surface area (Å²) < 4.78 is 39.3. The standard InChI is InChI=1S/C15H14F3N5/c1-2-23(8-4-6-19)13-9-12(15(16,17)18)21-14(22-13)11-5-3-7-20-10-11/h3,5,7,9-10H,2,4,8H2,1H3. The Balaban J connectivity index is 2.52. The monoisotopic (exact) mass is 321 g/mol. The van der Waals surface area contributed by atoms with E-state index in [0.29, 0.717) is 18.7 Å². The maximum atomic E-state index is 13.1. The molecule has 0 aliphatic heterocycles. The lowest BCUT2D eigenvalue weighted by Crippen LogP contribution is -2.26. The van der Waals surface area contributed by atoms with Crippen molar-refractivity contribution in [3.8, 4) is 17.5 Å². The zero-order chi connectivity index (χ0) is 16.9. The minimum absolute atomic E-state index is 0.0432. The highest BCUT2D eigenvalue weighted by Gasteiger charge is 2.34. The van der Waals surface area contributed by atoms with E-state index >= 15 is 0 Å². The highest BCUT2D eigenvalue weighted by atomic mass is 19.4. The van der Waals surface area contributed by atoms with Gasteiger partial charge in [0.15, 0.2) is 11.5 Å². The van der Waals surface area contributed by atoms with Crippen molar-refractivity contribution >= 4 is 5.82 Å². The molecule has 0 aromatic carbocycles. The minimum atomic E-state index is -4.58. The second kappa shape index (κ2) is 7.05. The maximum Gasteiger partial charge on any atom is 0.433 e. The van der Waals surface area contributed by atoms with Gasteiger partial charge in [0.2, 0.25) is 0 Å². The molecule has 0 radical (unpaired) electrons. The molecular weight excluding hydrogens is 307 g/mol. The first-order valence-corrected chi connectivity index (χ1v) is 6.94.